The van der Waals surface area contributed by atoms with Crippen molar-refractivity contribution in [3.8, 4) is 0 Å². The normalized spacial score (nSPS) is 13.4. The van der Waals surface area contributed by atoms with Crippen molar-refractivity contribution in [1.29, 1.82) is 0 Å². The third-order valence-corrected chi connectivity index (χ3v) is 11.8. The van der Waals surface area contributed by atoms with Crippen molar-refractivity contribution < 1.29 is 24.5 Å². The number of hydrogen-bond donors (Lipinski definition) is 3. The number of aliphatic hydroxyl groups is 2. The van der Waals surface area contributed by atoms with Gasteiger partial charge in [0.05, 0.1) is 25.2 Å². The highest BCUT2D eigenvalue weighted by molar-refractivity contribution is 5.77. The number of ether oxygens (including phenoxy) is 1. The number of esters is 1. The van der Waals surface area contributed by atoms with Gasteiger partial charge in [0.25, 0.3) is 0 Å². The standard InChI is InChI=1S/C52H99NO5/c1-4-7-10-13-16-19-22-24-25-26-28-29-31-34-37-40-43-48(58-52(57)45-42-39-36-33-30-27-23-20-17-14-11-8-5-2)46-51(56)53-49(47-54)50(55)44-41-38-35-32-21-18-15-12-9-6-3/h27,30,36,39,48-50,54-55H,4-26,28-29,31-35,37-38,40-47H2,1-3H3,(H,53,56)/b30-27-,39-36+. The van der Waals surface area contributed by atoms with Crippen molar-refractivity contribution >= 4 is 11.9 Å². The molecule has 0 saturated carbocycles. The molecule has 0 saturated heterocycles. The summed E-state index contributed by atoms with van der Waals surface area (Å²) < 4.78 is 5.89. The summed E-state index contributed by atoms with van der Waals surface area (Å²) in [5.74, 6) is -0.541. The van der Waals surface area contributed by atoms with Gasteiger partial charge in [-0.1, -0.05) is 238 Å². The van der Waals surface area contributed by atoms with Crippen molar-refractivity contribution in [2.75, 3.05) is 6.61 Å². The van der Waals surface area contributed by atoms with Crippen LogP contribution < -0.4 is 5.32 Å². The predicted octanol–water partition coefficient (Wildman–Crippen LogP) is 15.1. The number of rotatable bonds is 46. The van der Waals surface area contributed by atoms with Gasteiger partial charge in [-0.25, -0.2) is 0 Å². The molecular weight excluding hydrogens is 719 g/mol. The summed E-state index contributed by atoms with van der Waals surface area (Å²) in [4.78, 5) is 26.1. The number of hydrogen-bond acceptors (Lipinski definition) is 5. The highest BCUT2D eigenvalue weighted by atomic mass is 16.5. The van der Waals surface area contributed by atoms with Crippen molar-refractivity contribution in [2.24, 2.45) is 0 Å². The molecule has 6 heteroatoms. The van der Waals surface area contributed by atoms with E-state index >= 15 is 0 Å². The van der Waals surface area contributed by atoms with Crippen LogP contribution >= 0.6 is 0 Å². The van der Waals surface area contributed by atoms with Crippen LogP contribution in [0.25, 0.3) is 0 Å². The number of aliphatic hydroxyl groups excluding tert-OH is 2. The first-order chi connectivity index (χ1) is 28.5. The third-order valence-electron chi connectivity index (χ3n) is 11.8. The number of unbranched alkanes of at least 4 members (excludes halogenated alkanes) is 30. The fourth-order valence-electron chi connectivity index (χ4n) is 7.90. The van der Waals surface area contributed by atoms with E-state index < -0.39 is 18.2 Å². The monoisotopic (exact) mass is 818 g/mol. The predicted molar refractivity (Wildman–Crippen MR) is 250 cm³/mol. The summed E-state index contributed by atoms with van der Waals surface area (Å²) in [6.45, 7) is 6.47. The van der Waals surface area contributed by atoms with Crippen LogP contribution in [0.1, 0.15) is 271 Å². The quantitative estimate of drug-likeness (QED) is 0.0323. The summed E-state index contributed by atoms with van der Waals surface area (Å²) in [5, 5.41) is 23.7. The van der Waals surface area contributed by atoms with E-state index in [1.165, 1.54) is 173 Å². The summed E-state index contributed by atoms with van der Waals surface area (Å²) in [5.41, 5.74) is 0. The van der Waals surface area contributed by atoms with E-state index in [2.05, 4.69) is 50.4 Å². The fourth-order valence-corrected chi connectivity index (χ4v) is 7.90. The van der Waals surface area contributed by atoms with Gasteiger partial charge in [0, 0.05) is 6.42 Å². The minimum absolute atomic E-state index is 0.0607. The van der Waals surface area contributed by atoms with E-state index in [-0.39, 0.29) is 24.9 Å². The molecule has 0 aromatic rings. The maximum absolute atomic E-state index is 13.2. The number of allylic oxidation sites excluding steroid dienone is 4. The Morgan fingerprint density at radius 1 is 0.500 bits per heavy atom. The molecule has 0 bridgehead atoms. The van der Waals surface area contributed by atoms with Crippen LogP contribution in [-0.4, -0.2) is 46.9 Å². The Morgan fingerprint density at radius 3 is 1.31 bits per heavy atom. The molecule has 58 heavy (non-hydrogen) atoms. The molecule has 0 rings (SSSR count). The number of carbonyl (C=O) groups excluding carboxylic acids is 2. The van der Waals surface area contributed by atoms with Crippen LogP contribution in [0.15, 0.2) is 24.3 Å². The number of nitrogens with one attached hydrogen (secondary N) is 1. The molecule has 6 nitrogen and oxygen atoms in total. The molecule has 0 fully saturated rings. The van der Waals surface area contributed by atoms with Crippen LogP contribution in [0.5, 0.6) is 0 Å². The molecule has 3 atom stereocenters. The molecule has 0 aliphatic rings. The van der Waals surface area contributed by atoms with Crippen LogP contribution in [0.4, 0.5) is 0 Å². The summed E-state index contributed by atoms with van der Waals surface area (Å²) in [6, 6.07) is -0.706. The Hall–Kier alpha value is -1.66. The molecule has 0 aromatic heterocycles. The van der Waals surface area contributed by atoms with Gasteiger partial charge in [0.1, 0.15) is 6.10 Å². The molecular formula is C52H99NO5. The lowest BCUT2D eigenvalue weighted by Gasteiger charge is -2.24. The Morgan fingerprint density at radius 2 is 0.879 bits per heavy atom. The number of carbonyl (C=O) groups is 2. The zero-order valence-electron chi connectivity index (χ0n) is 38.9. The van der Waals surface area contributed by atoms with E-state index in [1.54, 1.807) is 0 Å². The second-order valence-electron chi connectivity index (χ2n) is 17.6. The van der Waals surface area contributed by atoms with Gasteiger partial charge < -0.3 is 20.3 Å². The first kappa shape index (κ1) is 56.3. The Labute approximate surface area is 361 Å². The molecule has 0 spiro atoms. The molecule has 1 amide bonds. The van der Waals surface area contributed by atoms with Gasteiger partial charge in [-0.15, -0.1) is 0 Å². The van der Waals surface area contributed by atoms with Crippen molar-refractivity contribution in [3.05, 3.63) is 24.3 Å². The maximum Gasteiger partial charge on any atom is 0.306 e. The fraction of sp³-hybridized carbons (Fsp3) is 0.885. The molecule has 3 N–H and O–H groups in total. The van der Waals surface area contributed by atoms with E-state index in [0.717, 1.165) is 44.9 Å². The van der Waals surface area contributed by atoms with Gasteiger partial charge in [-0.2, -0.15) is 0 Å². The Kier molecular flexibility index (Phi) is 45.1. The molecule has 342 valence electrons. The molecule has 0 radical (unpaired) electrons. The molecule has 0 heterocycles. The highest BCUT2D eigenvalue weighted by Gasteiger charge is 2.24. The SMILES string of the molecule is CCCCCCCC/C=C\C/C=C/CCC(=O)OC(CCCCCCCCCCCCCCCCCC)CC(=O)NC(CO)C(O)CCCCCCCCCCCC. The van der Waals surface area contributed by atoms with Gasteiger partial charge in [-0.05, 0) is 44.9 Å². The number of amides is 1. The van der Waals surface area contributed by atoms with Crippen molar-refractivity contribution in [2.45, 2.75) is 289 Å². The third kappa shape index (κ3) is 41.1. The van der Waals surface area contributed by atoms with Gasteiger partial charge in [0.15, 0.2) is 0 Å². The zero-order valence-corrected chi connectivity index (χ0v) is 38.9. The second kappa shape index (κ2) is 46.4. The minimum Gasteiger partial charge on any atom is -0.462 e. The van der Waals surface area contributed by atoms with Gasteiger partial charge >= 0.3 is 5.97 Å². The topological polar surface area (TPSA) is 95.9 Å². The zero-order chi connectivity index (χ0) is 42.4. The molecule has 0 aromatic carbocycles. The first-order valence-corrected chi connectivity index (χ1v) is 25.6. The Bertz CT molecular complexity index is 919. The van der Waals surface area contributed by atoms with Crippen LogP contribution in [0.3, 0.4) is 0 Å². The van der Waals surface area contributed by atoms with Crippen molar-refractivity contribution in [1.82, 2.24) is 5.32 Å². The smallest absolute Gasteiger partial charge is 0.306 e. The van der Waals surface area contributed by atoms with Gasteiger partial charge in [-0.3, -0.25) is 9.59 Å². The summed E-state index contributed by atoms with van der Waals surface area (Å²) >= 11 is 0. The molecule has 3 unspecified atom stereocenters. The average molecular weight is 818 g/mol. The lowest BCUT2D eigenvalue weighted by Crippen LogP contribution is -2.46. The van der Waals surface area contributed by atoms with E-state index in [0.29, 0.717) is 25.7 Å². The Balaban J connectivity index is 4.61. The van der Waals surface area contributed by atoms with Crippen LogP contribution in [0, 0.1) is 0 Å². The second-order valence-corrected chi connectivity index (χ2v) is 17.6. The molecule has 0 aliphatic heterocycles. The van der Waals surface area contributed by atoms with Crippen LogP contribution in [0.2, 0.25) is 0 Å². The molecule has 0 aliphatic carbocycles. The minimum atomic E-state index is -0.790. The maximum atomic E-state index is 13.2. The van der Waals surface area contributed by atoms with E-state index in [9.17, 15) is 19.8 Å². The van der Waals surface area contributed by atoms with Crippen molar-refractivity contribution in [3.63, 3.8) is 0 Å². The average Bonchev–Trinajstić information content (AvgIpc) is 3.22. The largest absolute Gasteiger partial charge is 0.462 e. The van der Waals surface area contributed by atoms with E-state index in [1.807, 2.05) is 0 Å². The van der Waals surface area contributed by atoms with Crippen LogP contribution in [-0.2, 0) is 14.3 Å². The first-order valence-electron chi connectivity index (χ1n) is 25.6. The summed E-state index contributed by atoms with van der Waals surface area (Å²) in [6.07, 6.45) is 52.5. The summed E-state index contributed by atoms with van der Waals surface area (Å²) in [7, 11) is 0. The van der Waals surface area contributed by atoms with Gasteiger partial charge in [0.2, 0.25) is 5.91 Å². The lowest BCUT2D eigenvalue weighted by atomic mass is 10.0. The lowest BCUT2D eigenvalue weighted by molar-refractivity contribution is -0.150. The highest BCUT2D eigenvalue weighted by Crippen LogP contribution is 2.18. The van der Waals surface area contributed by atoms with E-state index in [4.69, 9.17) is 4.74 Å².